The summed E-state index contributed by atoms with van der Waals surface area (Å²) in [5.41, 5.74) is 8.19. The molecule has 0 radical (unpaired) electrons. The summed E-state index contributed by atoms with van der Waals surface area (Å²) >= 11 is 0. The molecule has 8 heteroatoms. The molecule has 146 valence electrons. The lowest BCUT2D eigenvalue weighted by molar-refractivity contribution is 0.0198. The smallest absolute Gasteiger partial charge is 0.410 e. The fraction of sp³-hybridized carbons (Fsp3) is 0.400. The zero-order chi connectivity index (χ0) is 20.6. The van der Waals surface area contributed by atoms with Gasteiger partial charge in [0, 0.05) is 31.0 Å². The summed E-state index contributed by atoms with van der Waals surface area (Å²) in [6.07, 6.45) is 2.88. The first kappa shape index (κ1) is 19.4. The van der Waals surface area contributed by atoms with Crippen LogP contribution in [0.4, 0.5) is 4.79 Å². The van der Waals surface area contributed by atoms with Gasteiger partial charge >= 0.3 is 6.09 Å². The standard InChI is InChI=1S/C20H23N5O3/c1-12-5-6-23-10-14(12)17-13(9-21)16(18(22)26)15-11-24(7-8-25(15)17)19(27)28-20(2,3)4/h5-6,10H,7-8,11H2,1-4H3,(H2,22,26). The van der Waals surface area contributed by atoms with Crippen molar-refractivity contribution >= 4 is 12.0 Å². The van der Waals surface area contributed by atoms with Gasteiger partial charge in [0.05, 0.1) is 29.1 Å². The van der Waals surface area contributed by atoms with Crippen molar-refractivity contribution in [1.82, 2.24) is 14.5 Å². The number of nitriles is 1. The molecule has 0 bridgehead atoms. The van der Waals surface area contributed by atoms with E-state index < -0.39 is 17.6 Å². The van der Waals surface area contributed by atoms with Gasteiger partial charge in [0.25, 0.3) is 5.91 Å². The molecule has 8 nitrogen and oxygen atoms in total. The summed E-state index contributed by atoms with van der Waals surface area (Å²) in [6, 6.07) is 3.97. The number of nitrogens with two attached hydrogens (primary N) is 1. The minimum atomic E-state index is -0.695. The topological polar surface area (TPSA) is 114 Å². The lowest BCUT2D eigenvalue weighted by atomic mass is 10.0. The molecule has 2 amide bonds. The van der Waals surface area contributed by atoms with Crippen molar-refractivity contribution in [3.63, 3.8) is 0 Å². The Balaban J connectivity index is 2.13. The number of nitrogens with zero attached hydrogens (tertiary/aromatic N) is 4. The fourth-order valence-corrected chi connectivity index (χ4v) is 3.41. The third kappa shape index (κ3) is 3.43. The number of aryl methyl sites for hydroxylation is 1. The molecule has 0 saturated carbocycles. The highest BCUT2D eigenvalue weighted by Crippen LogP contribution is 2.35. The molecule has 2 aromatic rings. The predicted molar refractivity (Wildman–Crippen MR) is 102 cm³/mol. The predicted octanol–water partition coefficient (Wildman–Crippen LogP) is 2.58. The van der Waals surface area contributed by atoms with Crippen LogP contribution in [0.5, 0.6) is 0 Å². The Bertz CT molecular complexity index is 994. The van der Waals surface area contributed by atoms with Gasteiger partial charge in [-0.1, -0.05) is 0 Å². The van der Waals surface area contributed by atoms with Crippen LogP contribution in [0.2, 0.25) is 0 Å². The number of primary amides is 1. The van der Waals surface area contributed by atoms with Crippen LogP contribution in [0.3, 0.4) is 0 Å². The quantitative estimate of drug-likeness (QED) is 0.859. The Morgan fingerprint density at radius 1 is 1.32 bits per heavy atom. The Labute approximate surface area is 163 Å². The van der Waals surface area contributed by atoms with Gasteiger partial charge in [-0.15, -0.1) is 0 Å². The molecule has 0 unspecified atom stereocenters. The number of amides is 2. The molecule has 0 aliphatic carbocycles. The molecule has 1 aliphatic rings. The van der Waals surface area contributed by atoms with Crippen molar-refractivity contribution in [3.8, 4) is 17.3 Å². The van der Waals surface area contributed by atoms with E-state index in [9.17, 15) is 14.9 Å². The van der Waals surface area contributed by atoms with Gasteiger partial charge in [0.2, 0.25) is 0 Å². The molecule has 2 aromatic heterocycles. The second-order valence-electron chi connectivity index (χ2n) is 7.77. The third-order valence-electron chi connectivity index (χ3n) is 4.61. The van der Waals surface area contributed by atoms with Crippen molar-refractivity contribution < 1.29 is 14.3 Å². The lowest BCUT2D eigenvalue weighted by Crippen LogP contribution is -2.42. The van der Waals surface area contributed by atoms with E-state index in [0.29, 0.717) is 24.5 Å². The lowest BCUT2D eigenvalue weighted by Gasteiger charge is -2.32. The van der Waals surface area contributed by atoms with Gasteiger partial charge < -0.3 is 19.9 Å². The normalized spacial score (nSPS) is 13.6. The molecule has 0 spiro atoms. The monoisotopic (exact) mass is 381 g/mol. The maximum atomic E-state index is 12.5. The molecule has 3 rings (SSSR count). The van der Waals surface area contributed by atoms with Crippen molar-refractivity contribution in [1.29, 1.82) is 5.26 Å². The van der Waals surface area contributed by atoms with Gasteiger partial charge in [0.1, 0.15) is 11.7 Å². The van der Waals surface area contributed by atoms with Gasteiger partial charge in [-0.25, -0.2) is 4.79 Å². The van der Waals surface area contributed by atoms with E-state index in [1.54, 1.807) is 33.2 Å². The molecule has 1 aliphatic heterocycles. The Kier molecular flexibility index (Phi) is 4.86. The van der Waals surface area contributed by atoms with Gasteiger partial charge in [0.15, 0.2) is 0 Å². The molecule has 0 aromatic carbocycles. The minimum absolute atomic E-state index is 0.140. The first-order chi connectivity index (χ1) is 13.1. The summed E-state index contributed by atoms with van der Waals surface area (Å²) < 4.78 is 7.34. The summed E-state index contributed by atoms with van der Waals surface area (Å²) in [6.45, 7) is 8.25. The number of rotatable bonds is 2. The Morgan fingerprint density at radius 2 is 2.04 bits per heavy atom. The van der Waals surface area contributed by atoms with Crippen LogP contribution in [0.25, 0.3) is 11.3 Å². The molecule has 0 saturated heterocycles. The van der Waals surface area contributed by atoms with Crippen LogP contribution >= 0.6 is 0 Å². The average Bonchev–Trinajstić information content (AvgIpc) is 2.94. The highest BCUT2D eigenvalue weighted by Gasteiger charge is 2.34. The zero-order valence-corrected chi connectivity index (χ0v) is 16.4. The molecule has 3 heterocycles. The molecule has 2 N–H and O–H groups in total. The van der Waals surface area contributed by atoms with Crippen molar-refractivity contribution in [2.24, 2.45) is 5.73 Å². The first-order valence-electron chi connectivity index (χ1n) is 8.98. The number of fused-ring (bicyclic) bond motifs is 1. The third-order valence-corrected chi connectivity index (χ3v) is 4.61. The summed E-state index contributed by atoms with van der Waals surface area (Å²) in [5, 5.41) is 9.78. The van der Waals surface area contributed by atoms with Crippen molar-refractivity contribution in [2.45, 2.75) is 46.4 Å². The van der Waals surface area contributed by atoms with Crippen LogP contribution in [0.15, 0.2) is 18.5 Å². The largest absolute Gasteiger partial charge is 0.444 e. The molecule has 28 heavy (non-hydrogen) atoms. The summed E-state index contributed by atoms with van der Waals surface area (Å²) in [4.78, 5) is 30.4. The van der Waals surface area contributed by atoms with Gasteiger partial charge in [-0.05, 0) is 39.3 Å². The summed E-state index contributed by atoms with van der Waals surface area (Å²) in [5.74, 6) is -0.695. The van der Waals surface area contributed by atoms with Gasteiger partial charge in [-0.2, -0.15) is 5.26 Å². The second kappa shape index (κ2) is 7.00. The summed E-state index contributed by atoms with van der Waals surface area (Å²) in [7, 11) is 0. The van der Waals surface area contributed by atoms with E-state index in [2.05, 4.69) is 11.1 Å². The van der Waals surface area contributed by atoms with Crippen LogP contribution in [-0.4, -0.2) is 38.6 Å². The SMILES string of the molecule is Cc1ccncc1-c1c(C#N)c(C(N)=O)c2n1CCN(C(=O)OC(C)(C)C)C2. The maximum Gasteiger partial charge on any atom is 0.410 e. The van der Waals surface area contributed by atoms with E-state index in [-0.39, 0.29) is 17.7 Å². The highest BCUT2D eigenvalue weighted by molar-refractivity contribution is 5.99. The number of carbonyl (C=O) groups is 2. The maximum absolute atomic E-state index is 12.5. The highest BCUT2D eigenvalue weighted by atomic mass is 16.6. The van der Waals surface area contributed by atoms with E-state index in [4.69, 9.17) is 10.5 Å². The number of hydrogen-bond donors (Lipinski definition) is 1. The van der Waals surface area contributed by atoms with Crippen LogP contribution in [0, 0.1) is 18.3 Å². The molecular formula is C20H23N5O3. The number of pyridine rings is 1. The van der Waals surface area contributed by atoms with Gasteiger partial charge in [-0.3, -0.25) is 9.78 Å². The Morgan fingerprint density at radius 3 is 2.61 bits per heavy atom. The van der Waals surface area contributed by atoms with Crippen molar-refractivity contribution in [3.05, 3.63) is 40.8 Å². The molecule has 0 atom stereocenters. The van der Waals surface area contributed by atoms with E-state index in [0.717, 1.165) is 11.1 Å². The molecule has 0 fully saturated rings. The second-order valence-corrected chi connectivity index (χ2v) is 7.77. The number of hydrogen-bond acceptors (Lipinski definition) is 5. The number of carbonyl (C=O) groups excluding carboxylic acids is 2. The number of ether oxygens (including phenoxy) is 1. The van der Waals surface area contributed by atoms with E-state index in [1.807, 2.05) is 17.6 Å². The van der Waals surface area contributed by atoms with Crippen molar-refractivity contribution in [2.75, 3.05) is 6.54 Å². The molecular weight excluding hydrogens is 358 g/mol. The number of aromatic nitrogens is 2. The van der Waals surface area contributed by atoms with Crippen LogP contribution < -0.4 is 5.73 Å². The van der Waals surface area contributed by atoms with Crippen LogP contribution in [-0.2, 0) is 17.8 Å². The van der Waals surface area contributed by atoms with E-state index in [1.165, 1.54) is 4.90 Å². The first-order valence-corrected chi connectivity index (χ1v) is 8.98. The zero-order valence-electron chi connectivity index (χ0n) is 16.4. The van der Waals surface area contributed by atoms with Crippen LogP contribution in [0.1, 0.15) is 48.0 Å². The fourth-order valence-electron chi connectivity index (χ4n) is 3.41. The Hall–Kier alpha value is -3.34. The van der Waals surface area contributed by atoms with E-state index >= 15 is 0 Å². The minimum Gasteiger partial charge on any atom is -0.444 e. The average molecular weight is 381 g/mol.